The molecule has 0 saturated carbocycles. The third-order valence-corrected chi connectivity index (χ3v) is 5.27. The summed E-state index contributed by atoms with van der Waals surface area (Å²) >= 11 is 0. The lowest BCUT2D eigenvalue weighted by Crippen LogP contribution is -2.19. The van der Waals surface area contributed by atoms with E-state index >= 15 is 0 Å². The number of ether oxygens (including phenoxy) is 1. The second-order valence-electron chi connectivity index (χ2n) is 7.83. The fraction of sp³-hybridized carbons (Fsp3) is 0.0769. The zero-order valence-corrected chi connectivity index (χ0v) is 19.1. The Morgan fingerprint density at radius 1 is 0.972 bits per heavy atom. The monoisotopic (exact) mass is 486 g/mol. The molecule has 0 radical (unpaired) electrons. The second kappa shape index (κ2) is 9.79. The summed E-state index contributed by atoms with van der Waals surface area (Å²) in [5, 5.41) is 9.35. The summed E-state index contributed by atoms with van der Waals surface area (Å²) < 4.78 is 35.4. The molecule has 5 aromatic rings. The van der Waals surface area contributed by atoms with Crippen molar-refractivity contribution in [3.05, 3.63) is 90.9 Å². The van der Waals surface area contributed by atoms with Gasteiger partial charge >= 0.3 is 6.03 Å². The molecule has 0 unspecified atom stereocenters. The van der Waals surface area contributed by atoms with Crippen molar-refractivity contribution in [1.29, 1.82) is 0 Å². The summed E-state index contributed by atoms with van der Waals surface area (Å²) in [5.41, 5.74) is 3.28. The number of nitrogens with zero attached hydrogens (tertiary/aromatic N) is 4. The molecule has 180 valence electrons. The molecule has 5 rings (SSSR count). The van der Waals surface area contributed by atoms with E-state index in [1.165, 1.54) is 36.4 Å². The number of carbonyl (C=O) groups is 1. The topological polar surface area (TPSA) is 94.0 Å². The van der Waals surface area contributed by atoms with Crippen molar-refractivity contribution in [3.8, 4) is 22.8 Å². The minimum absolute atomic E-state index is 0.0914. The molecule has 2 N–H and O–H groups in total. The van der Waals surface area contributed by atoms with Crippen LogP contribution in [-0.4, -0.2) is 25.8 Å². The second-order valence-corrected chi connectivity index (χ2v) is 7.83. The van der Waals surface area contributed by atoms with E-state index in [0.29, 0.717) is 22.5 Å². The van der Waals surface area contributed by atoms with Crippen molar-refractivity contribution in [3.63, 3.8) is 0 Å². The number of halogens is 2. The summed E-state index contributed by atoms with van der Waals surface area (Å²) in [6.07, 6.45) is 5.27. The molecule has 2 aromatic heterocycles. The third-order valence-electron chi connectivity index (χ3n) is 5.27. The lowest BCUT2D eigenvalue weighted by atomic mass is 10.2. The number of aromatic nitrogens is 4. The Morgan fingerprint density at radius 3 is 2.58 bits per heavy atom. The largest absolute Gasteiger partial charge is 0.454 e. The molecule has 0 saturated heterocycles. The maximum atomic E-state index is 14.5. The van der Waals surface area contributed by atoms with Crippen LogP contribution in [0.3, 0.4) is 0 Å². The van der Waals surface area contributed by atoms with Gasteiger partial charge in [-0.2, -0.15) is 5.10 Å². The van der Waals surface area contributed by atoms with E-state index in [1.807, 2.05) is 13.1 Å². The number of hydrogen-bond acceptors (Lipinski definition) is 5. The van der Waals surface area contributed by atoms with Crippen LogP contribution in [0.15, 0.2) is 79.3 Å². The van der Waals surface area contributed by atoms with Crippen LogP contribution >= 0.6 is 0 Å². The first-order chi connectivity index (χ1) is 17.5. The van der Waals surface area contributed by atoms with Crippen molar-refractivity contribution in [2.45, 2.75) is 13.5 Å². The molecular weight excluding hydrogens is 466 g/mol. The van der Waals surface area contributed by atoms with E-state index in [2.05, 4.69) is 25.7 Å². The number of fused-ring (bicyclic) bond motifs is 1. The van der Waals surface area contributed by atoms with Crippen LogP contribution in [0.4, 0.5) is 25.0 Å². The predicted molar refractivity (Wildman–Crippen MR) is 132 cm³/mol. The first-order valence-electron chi connectivity index (χ1n) is 11.1. The highest BCUT2D eigenvalue weighted by Gasteiger charge is 2.11. The Morgan fingerprint density at radius 2 is 1.81 bits per heavy atom. The van der Waals surface area contributed by atoms with Gasteiger partial charge in [0.1, 0.15) is 11.6 Å². The maximum absolute atomic E-state index is 14.5. The van der Waals surface area contributed by atoms with Gasteiger partial charge in [-0.3, -0.25) is 9.67 Å². The average Bonchev–Trinajstić information content (AvgIpc) is 3.35. The van der Waals surface area contributed by atoms with Gasteiger partial charge < -0.3 is 15.4 Å². The highest BCUT2D eigenvalue weighted by Crippen LogP contribution is 2.30. The highest BCUT2D eigenvalue weighted by molar-refractivity contribution is 5.99. The lowest BCUT2D eigenvalue weighted by Gasteiger charge is -2.11. The Balaban J connectivity index is 1.34. The summed E-state index contributed by atoms with van der Waals surface area (Å²) in [5.74, 6) is -0.837. The van der Waals surface area contributed by atoms with Gasteiger partial charge in [-0.25, -0.2) is 18.6 Å². The van der Waals surface area contributed by atoms with Crippen molar-refractivity contribution in [2.75, 3.05) is 10.6 Å². The number of anilines is 2. The molecule has 0 aliphatic rings. The molecular formula is C26H20F2N6O2. The highest BCUT2D eigenvalue weighted by atomic mass is 19.1. The fourth-order valence-electron chi connectivity index (χ4n) is 3.51. The van der Waals surface area contributed by atoms with Crippen LogP contribution in [0.1, 0.15) is 6.92 Å². The molecule has 10 heteroatoms. The molecule has 0 atom stereocenters. The normalized spacial score (nSPS) is 10.9. The van der Waals surface area contributed by atoms with E-state index in [1.54, 1.807) is 41.3 Å². The van der Waals surface area contributed by atoms with E-state index in [4.69, 9.17) is 4.74 Å². The van der Waals surface area contributed by atoms with Crippen molar-refractivity contribution >= 4 is 28.4 Å². The third kappa shape index (κ3) is 5.12. The van der Waals surface area contributed by atoms with Crippen LogP contribution in [0.5, 0.6) is 11.5 Å². The quantitative estimate of drug-likeness (QED) is 0.297. The lowest BCUT2D eigenvalue weighted by molar-refractivity contribution is 0.262. The zero-order valence-electron chi connectivity index (χ0n) is 19.1. The molecule has 0 fully saturated rings. The number of rotatable bonds is 6. The van der Waals surface area contributed by atoms with Crippen LogP contribution in [0.25, 0.3) is 22.3 Å². The summed E-state index contributed by atoms with van der Waals surface area (Å²) in [6.45, 7) is 2.73. The van der Waals surface area contributed by atoms with Crippen LogP contribution in [-0.2, 0) is 6.54 Å². The van der Waals surface area contributed by atoms with Crippen LogP contribution < -0.4 is 15.4 Å². The first kappa shape index (κ1) is 22.9. The van der Waals surface area contributed by atoms with Gasteiger partial charge in [-0.15, -0.1) is 0 Å². The van der Waals surface area contributed by atoms with E-state index in [-0.39, 0.29) is 17.1 Å². The number of aryl methyl sites for hydroxylation is 1. The molecule has 0 bridgehead atoms. The molecule has 0 aliphatic carbocycles. The summed E-state index contributed by atoms with van der Waals surface area (Å²) in [7, 11) is 0. The Bertz CT molecular complexity index is 1570. The van der Waals surface area contributed by atoms with Gasteiger partial charge in [-0.05, 0) is 49.4 Å². The minimum Gasteiger partial charge on any atom is -0.454 e. The molecule has 0 aliphatic heterocycles. The zero-order chi connectivity index (χ0) is 25.1. The molecule has 2 amide bonds. The average molecular weight is 486 g/mol. The Kier molecular flexibility index (Phi) is 6.23. The smallest absolute Gasteiger partial charge is 0.323 e. The van der Waals surface area contributed by atoms with Crippen LogP contribution in [0, 0.1) is 11.6 Å². The Hall–Kier alpha value is -4.86. The number of carbonyl (C=O) groups excluding carboxylic acids is 1. The number of urea groups is 1. The van der Waals surface area contributed by atoms with Gasteiger partial charge in [0.2, 0.25) is 0 Å². The molecule has 8 nitrogen and oxygen atoms in total. The van der Waals surface area contributed by atoms with Gasteiger partial charge in [-0.1, -0.05) is 6.07 Å². The van der Waals surface area contributed by atoms with Crippen LogP contribution in [0.2, 0.25) is 0 Å². The number of nitrogens with one attached hydrogen (secondary N) is 2. The van der Waals surface area contributed by atoms with Gasteiger partial charge in [0.15, 0.2) is 11.6 Å². The minimum atomic E-state index is -0.613. The standard InChI is InChI=1S/C26H20F2N6O2/c1-2-34-15-16(13-30-34)24-14-29-22-9-7-20(12-23(22)33-24)36-25-11-19(6-8-21(25)28)32-26(35)31-18-5-3-4-17(27)10-18/h3-15H,2H2,1H3,(H2,31,32,35). The molecule has 36 heavy (non-hydrogen) atoms. The van der Waals surface area contributed by atoms with E-state index in [0.717, 1.165) is 12.1 Å². The van der Waals surface area contributed by atoms with Gasteiger partial charge in [0.05, 0.1) is 29.1 Å². The molecule has 3 aromatic carbocycles. The maximum Gasteiger partial charge on any atom is 0.323 e. The fourth-order valence-corrected chi connectivity index (χ4v) is 3.51. The van der Waals surface area contributed by atoms with Crippen molar-refractivity contribution < 1.29 is 18.3 Å². The summed E-state index contributed by atoms with van der Waals surface area (Å²) in [6, 6.07) is 13.8. The van der Waals surface area contributed by atoms with Gasteiger partial charge in [0.25, 0.3) is 0 Å². The Labute approximate surface area is 204 Å². The van der Waals surface area contributed by atoms with Crippen molar-refractivity contribution in [2.24, 2.45) is 0 Å². The van der Waals surface area contributed by atoms with Gasteiger partial charge in [0, 0.05) is 41.8 Å². The molecule has 0 spiro atoms. The number of amides is 2. The number of benzene rings is 3. The van der Waals surface area contributed by atoms with Crippen molar-refractivity contribution in [1.82, 2.24) is 19.7 Å². The number of hydrogen-bond donors (Lipinski definition) is 2. The predicted octanol–water partition coefficient (Wildman–Crippen LogP) is 6.23. The first-order valence-corrected chi connectivity index (χ1v) is 11.1. The SMILES string of the molecule is CCn1cc(-c2cnc3ccc(Oc4cc(NC(=O)Nc5cccc(F)c5)ccc4F)cc3n2)cn1. The van der Waals surface area contributed by atoms with E-state index in [9.17, 15) is 13.6 Å². The summed E-state index contributed by atoms with van der Waals surface area (Å²) in [4.78, 5) is 21.3. The van der Waals surface area contributed by atoms with E-state index < -0.39 is 17.7 Å². The molecule has 2 heterocycles.